The molecular formula is C17H26F2IN5O2S. The van der Waals surface area contributed by atoms with E-state index in [1.165, 1.54) is 10.4 Å². The Morgan fingerprint density at radius 1 is 1.18 bits per heavy atom. The lowest BCUT2D eigenvalue weighted by atomic mass is 10.2. The maximum Gasteiger partial charge on any atom is 0.214 e. The van der Waals surface area contributed by atoms with Crippen molar-refractivity contribution in [3.8, 4) is 0 Å². The van der Waals surface area contributed by atoms with Crippen LogP contribution in [0.4, 0.5) is 14.5 Å². The van der Waals surface area contributed by atoms with Crippen LogP contribution in [0.1, 0.15) is 6.42 Å². The molecule has 2 heterocycles. The maximum atomic E-state index is 13.9. The van der Waals surface area contributed by atoms with Crippen LogP contribution >= 0.6 is 24.0 Å². The summed E-state index contributed by atoms with van der Waals surface area (Å²) in [7, 11) is -1.42. The lowest BCUT2D eigenvalue weighted by Crippen LogP contribution is -2.53. The van der Waals surface area contributed by atoms with E-state index in [-0.39, 0.29) is 35.4 Å². The SMILES string of the molecule is CN=C(NCCN1CCCS1(=O)=O)N1CCN(c2cc(F)ccc2F)CC1.I. The maximum absolute atomic E-state index is 13.9. The standard InChI is InChI=1S/C17H25F2N5O2S.HI/c1-20-17(21-5-7-24-6-2-12-27(24,25)26)23-10-8-22(9-11-23)16-13-14(18)3-4-15(16)19;/h3-4,13H,2,5-12H2,1H3,(H,20,21);1H. The van der Waals surface area contributed by atoms with Gasteiger partial charge in [-0.2, -0.15) is 0 Å². The quantitative estimate of drug-likeness (QED) is 0.362. The lowest BCUT2D eigenvalue weighted by Gasteiger charge is -2.37. The van der Waals surface area contributed by atoms with Crippen molar-refractivity contribution in [1.82, 2.24) is 14.5 Å². The molecule has 0 radical (unpaired) electrons. The molecule has 0 unspecified atom stereocenters. The Kier molecular flexibility index (Phi) is 8.25. The van der Waals surface area contributed by atoms with Gasteiger partial charge in [0.25, 0.3) is 0 Å². The molecule has 0 aliphatic carbocycles. The van der Waals surface area contributed by atoms with Crippen LogP contribution in [0.3, 0.4) is 0 Å². The van der Waals surface area contributed by atoms with E-state index in [1.807, 2.05) is 9.80 Å². The van der Waals surface area contributed by atoms with Gasteiger partial charge >= 0.3 is 0 Å². The van der Waals surface area contributed by atoms with Crippen molar-refractivity contribution in [1.29, 1.82) is 0 Å². The van der Waals surface area contributed by atoms with Gasteiger partial charge in [0, 0.05) is 58.9 Å². The molecule has 0 amide bonds. The molecule has 0 atom stereocenters. The van der Waals surface area contributed by atoms with E-state index >= 15 is 0 Å². The van der Waals surface area contributed by atoms with E-state index in [1.54, 1.807) is 7.05 Å². The molecule has 1 N–H and O–H groups in total. The van der Waals surface area contributed by atoms with Gasteiger partial charge in [-0.3, -0.25) is 4.99 Å². The van der Waals surface area contributed by atoms with E-state index < -0.39 is 21.7 Å². The highest BCUT2D eigenvalue weighted by Gasteiger charge is 2.28. The van der Waals surface area contributed by atoms with Crippen molar-refractivity contribution in [2.75, 3.05) is 63.5 Å². The monoisotopic (exact) mass is 529 g/mol. The number of hydrogen-bond acceptors (Lipinski definition) is 4. The summed E-state index contributed by atoms with van der Waals surface area (Å²) in [6, 6.07) is 3.47. The largest absolute Gasteiger partial charge is 0.366 e. The number of nitrogens with one attached hydrogen (secondary N) is 1. The number of piperazine rings is 1. The first kappa shape index (κ1) is 23.1. The van der Waals surface area contributed by atoms with E-state index in [9.17, 15) is 17.2 Å². The third-order valence-electron chi connectivity index (χ3n) is 4.89. The minimum Gasteiger partial charge on any atom is -0.366 e. The summed E-state index contributed by atoms with van der Waals surface area (Å²) in [5.41, 5.74) is 0.275. The van der Waals surface area contributed by atoms with E-state index in [2.05, 4.69) is 10.3 Å². The lowest BCUT2D eigenvalue weighted by molar-refractivity contribution is 0.367. The fourth-order valence-corrected chi connectivity index (χ4v) is 4.98. The van der Waals surface area contributed by atoms with Crippen molar-refractivity contribution in [2.45, 2.75) is 6.42 Å². The molecule has 0 bridgehead atoms. The Balaban J connectivity index is 0.00000280. The highest BCUT2D eigenvalue weighted by Crippen LogP contribution is 2.22. The van der Waals surface area contributed by atoms with Gasteiger partial charge in [0.15, 0.2) is 5.96 Å². The van der Waals surface area contributed by atoms with Crippen LogP contribution in [0, 0.1) is 11.6 Å². The van der Waals surface area contributed by atoms with Gasteiger partial charge in [0.1, 0.15) is 11.6 Å². The molecule has 0 spiro atoms. The summed E-state index contributed by atoms with van der Waals surface area (Å²) in [4.78, 5) is 8.10. The third kappa shape index (κ3) is 5.44. The number of sulfonamides is 1. The first-order valence-electron chi connectivity index (χ1n) is 9.04. The molecule has 2 aliphatic rings. The van der Waals surface area contributed by atoms with Gasteiger partial charge < -0.3 is 15.1 Å². The second-order valence-electron chi connectivity index (χ2n) is 6.61. The summed E-state index contributed by atoms with van der Waals surface area (Å²) in [6.45, 7) is 3.76. The van der Waals surface area contributed by atoms with E-state index in [4.69, 9.17) is 0 Å². The molecular weight excluding hydrogens is 503 g/mol. The Morgan fingerprint density at radius 3 is 2.50 bits per heavy atom. The summed E-state index contributed by atoms with van der Waals surface area (Å²) in [6.07, 6.45) is 0.676. The molecule has 1 aromatic carbocycles. The van der Waals surface area contributed by atoms with Crippen LogP contribution in [-0.2, 0) is 10.0 Å². The van der Waals surface area contributed by atoms with Crippen LogP contribution in [0.25, 0.3) is 0 Å². The van der Waals surface area contributed by atoms with Crippen LogP contribution in [-0.4, -0.2) is 82.2 Å². The second-order valence-corrected chi connectivity index (χ2v) is 8.70. The van der Waals surface area contributed by atoms with Crippen LogP contribution in [0.2, 0.25) is 0 Å². The van der Waals surface area contributed by atoms with Gasteiger partial charge in [-0.15, -0.1) is 24.0 Å². The van der Waals surface area contributed by atoms with Gasteiger partial charge in [-0.1, -0.05) is 0 Å². The van der Waals surface area contributed by atoms with Crippen LogP contribution < -0.4 is 10.2 Å². The number of anilines is 1. The molecule has 3 rings (SSSR count). The summed E-state index contributed by atoms with van der Waals surface area (Å²) < 4.78 is 52.5. The normalized spacial score (nSPS) is 20.2. The number of aliphatic imine (C=N–C) groups is 1. The predicted molar refractivity (Wildman–Crippen MR) is 117 cm³/mol. The molecule has 2 fully saturated rings. The smallest absolute Gasteiger partial charge is 0.214 e. The Morgan fingerprint density at radius 2 is 1.89 bits per heavy atom. The summed E-state index contributed by atoms with van der Waals surface area (Å²) in [5.74, 6) is 0.0219. The van der Waals surface area contributed by atoms with Crippen LogP contribution in [0.15, 0.2) is 23.2 Å². The van der Waals surface area contributed by atoms with Crippen molar-refractivity contribution >= 4 is 45.6 Å². The minimum absolute atomic E-state index is 0. The van der Waals surface area contributed by atoms with Crippen molar-refractivity contribution in [3.05, 3.63) is 29.8 Å². The molecule has 11 heteroatoms. The Labute approximate surface area is 181 Å². The molecule has 0 saturated carbocycles. The summed E-state index contributed by atoms with van der Waals surface area (Å²) in [5, 5.41) is 3.20. The number of hydrogen-bond donors (Lipinski definition) is 1. The fourth-order valence-electron chi connectivity index (χ4n) is 3.45. The van der Waals surface area contributed by atoms with Gasteiger partial charge in [0.2, 0.25) is 10.0 Å². The molecule has 158 valence electrons. The fraction of sp³-hybridized carbons (Fsp3) is 0.588. The average molecular weight is 529 g/mol. The molecule has 2 aliphatic heterocycles. The predicted octanol–water partition coefficient (Wildman–Crippen LogP) is 1.32. The molecule has 1 aromatic rings. The zero-order chi connectivity index (χ0) is 19.4. The van der Waals surface area contributed by atoms with Gasteiger partial charge in [-0.25, -0.2) is 21.5 Å². The zero-order valence-corrected chi connectivity index (χ0v) is 18.9. The highest BCUT2D eigenvalue weighted by atomic mass is 127. The van der Waals surface area contributed by atoms with Gasteiger partial charge in [-0.05, 0) is 18.6 Å². The van der Waals surface area contributed by atoms with E-state index in [0.29, 0.717) is 58.2 Å². The van der Waals surface area contributed by atoms with Crippen LogP contribution in [0.5, 0.6) is 0 Å². The first-order chi connectivity index (χ1) is 12.9. The number of guanidine groups is 1. The van der Waals surface area contributed by atoms with Gasteiger partial charge in [0.05, 0.1) is 11.4 Å². The minimum atomic E-state index is -3.10. The van der Waals surface area contributed by atoms with E-state index in [0.717, 1.165) is 12.1 Å². The molecule has 2 saturated heterocycles. The highest BCUT2D eigenvalue weighted by molar-refractivity contribution is 14.0. The number of rotatable bonds is 4. The van der Waals surface area contributed by atoms with Crippen molar-refractivity contribution in [2.24, 2.45) is 4.99 Å². The third-order valence-corrected chi connectivity index (χ3v) is 6.84. The first-order valence-corrected chi connectivity index (χ1v) is 10.6. The molecule has 7 nitrogen and oxygen atoms in total. The topological polar surface area (TPSA) is 68.2 Å². The Hall–Kier alpha value is -1.21. The number of nitrogens with zero attached hydrogens (tertiary/aromatic N) is 4. The molecule has 0 aromatic heterocycles. The second kappa shape index (κ2) is 10.0. The van der Waals surface area contributed by atoms with Crippen molar-refractivity contribution < 1.29 is 17.2 Å². The average Bonchev–Trinajstić information content (AvgIpc) is 2.99. The summed E-state index contributed by atoms with van der Waals surface area (Å²) >= 11 is 0. The molecule has 28 heavy (non-hydrogen) atoms. The Bertz CT molecular complexity index is 801. The number of halogens is 3. The number of benzene rings is 1. The zero-order valence-electron chi connectivity index (χ0n) is 15.8. The van der Waals surface area contributed by atoms with Crippen molar-refractivity contribution in [3.63, 3.8) is 0 Å².